The number of nitrogens with zero attached hydrogens (tertiary/aromatic N) is 1. The van der Waals surface area contributed by atoms with Crippen LogP contribution in [0, 0.1) is 12.8 Å². The number of aromatic nitrogens is 1. The Morgan fingerprint density at radius 3 is 2.71 bits per heavy atom. The highest BCUT2D eigenvalue weighted by Crippen LogP contribution is 2.20. The fourth-order valence-electron chi connectivity index (χ4n) is 1.90. The van der Waals surface area contributed by atoms with Crippen molar-refractivity contribution in [2.24, 2.45) is 11.7 Å². The van der Waals surface area contributed by atoms with E-state index >= 15 is 0 Å². The predicted molar refractivity (Wildman–Crippen MR) is 71.5 cm³/mol. The maximum Gasteiger partial charge on any atom is 0.216 e. The van der Waals surface area contributed by atoms with E-state index < -0.39 is 0 Å². The van der Waals surface area contributed by atoms with Gasteiger partial charge >= 0.3 is 0 Å². The van der Waals surface area contributed by atoms with Gasteiger partial charge < -0.3 is 10.5 Å². The summed E-state index contributed by atoms with van der Waals surface area (Å²) in [5.41, 5.74) is 6.76. The molecule has 1 unspecified atom stereocenters. The minimum Gasteiger partial charge on any atom is -0.476 e. The molecule has 0 bridgehead atoms. The van der Waals surface area contributed by atoms with Crippen LogP contribution in [0.4, 0.5) is 0 Å². The van der Waals surface area contributed by atoms with Crippen LogP contribution in [0.15, 0.2) is 12.3 Å². The topological polar surface area (TPSA) is 48.1 Å². The fraction of sp³-hybridized carbons (Fsp3) is 0.615. The first-order valence-corrected chi connectivity index (χ1v) is 6.22. The van der Waals surface area contributed by atoms with E-state index in [4.69, 9.17) is 22.1 Å². The first kappa shape index (κ1) is 14.3. The Morgan fingerprint density at radius 2 is 2.18 bits per heavy atom. The highest BCUT2D eigenvalue weighted by molar-refractivity contribution is 6.30. The molecule has 0 saturated carbocycles. The van der Waals surface area contributed by atoms with Crippen molar-refractivity contribution < 1.29 is 4.74 Å². The van der Waals surface area contributed by atoms with Crippen LogP contribution in [0.2, 0.25) is 5.02 Å². The second-order valence-electron chi connectivity index (χ2n) is 5.32. The molecule has 0 amide bonds. The lowest BCUT2D eigenvalue weighted by molar-refractivity contribution is 0.199. The second-order valence-corrected chi connectivity index (χ2v) is 5.75. The molecule has 0 aromatic carbocycles. The summed E-state index contributed by atoms with van der Waals surface area (Å²) in [4.78, 5) is 4.15. The molecule has 2 N–H and O–H groups in total. The van der Waals surface area contributed by atoms with Gasteiger partial charge in [0.2, 0.25) is 5.88 Å². The first-order chi connectivity index (χ1) is 7.80. The molecule has 3 nitrogen and oxygen atoms in total. The second kappa shape index (κ2) is 5.69. The van der Waals surface area contributed by atoms with Crippen LogP contribution in [0.1, 0.15) is 32.8 Å². The normalized spacial score (nSPS) is 14.8. The van der Waals surface area contributed by atoms with Crippen molar-refractivity contribution in [2.75, 3.05) is 6.61 Å². The van der Waals surface area contributed by atoms with Crippen LogP contribution >= 0.6 is 11.6 Å². The number of rotatable bonds is 5. The van der Waals surface area contributed by atoms with E-state index in [2.05, 4.69) is 18.8 Å². The van der Waals surface area contributed by atoms with Crippen molar-refractivity contribution in [3.63, 3.8) is 0 Å². The van der Waals surface area contributed by atoms with Crippen LogP contribution in [-0.2, 0) is 0 Å². The van der Waals surface area contributed by atoms with Gasteiger partial charge in [-0.05, 0) is 32.3 Å². The lowest BCUT2D eigenvalue weighted by atomic mass is 9.93. The van der Waals surface area contributed by atoms with Gasteiger partial charge in [0.05, 0.1) is 5.02 Å². The summed E-state index contributed by atoms with van der Waals surface area (Å²) < 4.78 is 5.66. The van der Waals surface area contributed by atoms with Gasteiger partial charge in [0.15, 0.2) is 0 Å². The largest absolute Gasteiger partial charge is 0.476 e. The minimum atomic E-state index is -0.331. The Balaban J connectivity index is 2.61. The van der Waals surface area contributed by atoms with E-state index in [0.717, 1.165) is 12.0 Å². The van der Waals surface area contributed by atoms with Crippen molar-refractivity contribution >= 4 is 11.6 Å². The molecule has 0 aliphatic carbocycles. The van der Waals surface area contributed by atoms with Crippen LogP contribution in [0.25, 0.3) is 0 Å². The summed E-state index contributed by atoms with van der Waals surface area (Å²) in [5, 5.41) is 0.618. The molecule has 4 heteroatoms. The van der Waals surface area contributed by atoms with Crippen molar-refractivity contribution in [3.8, 4) is 5.88 Å². The Hall–Kier alpha value is -0.800. The monoisotopic (exact) mass is 256 g/mol. The Kier molecular flexibility index (Phi) is 4.78. The van der Waals surface area contributed by atoms with Crippen molar-refractivity contribution in [1.29, 1.82) is 0 Å². The van der Waals surface area contributed by atoms with E-state index in [9.17, 15) is 0 Å². The van der Waals surface area contributed by atoms with Gasteiger partial charge in [-0.2, -0.15) is 0 Å². The molecule has 1 aromatic rings. The third kappa shape index (κ3) is 4.92. The molecule has 0 fully saturated rings. The molecule has 1 atom stereocenters. The highest BCUT2D eigenvalue weighted by atomic mass is 35.5. The lowest BCUT2D eigenvalue weighted by Gasteiger charge is -2.26. The molecule has 17 heavy (non-hydrogen) atoms. The third-order valence-electron chi connectivity index (χ3n) is 2.41. The Labute approximate surface area is 108 Å². The van der Waals surface area contributed by atoms with Gasteiger partial charge in [-0.3, -0.25) is 0 Å². The number of pyridine rings is 1. The molecule has 1 rings (SSSR count). The third-order valence-corrected chi connectivity index (χ3v) is 2.62. The van der Waals surface area contributed by atoms with Gasteiger partial charge in [0, 0.05) is 17.3 Å². The van der Waals surface area contributed by atoms with E-state index in [0.29, 0.717) is 23.4 Å². The van der Waals surface area contributed by atoms with Crippen molar-refractivity contribution in [1.82, 2.24) is 4.98 Å². The highest BCUT2D eigenvalue weighted by Gasteiger charge is 2.21. The summed E-state index contributed by atoms with van der Waals surface area (Å²) in [6.45, 7) is 8.68. The van der Waals surface area contributed by atoms with Crippen LogP contribution in [-0.4, -0.2) is 17.1 Å². The summed E-state index contributed by atoms with van der Waals surface area (Å²) in [7, 11) is 0. The lowest BCUT2D eigenvalue weighted by Crippen LogP contribution is -2.43. The molecule has 0 spiro atoms. The molecule has 1 aromatic heterocycles. The quantitative estimate of drug-likeness (QED) is 0.880. The zero-order chi connectivity index (χ0) is 13.1. The van der Waals surface area contributed by atoms with E-state index in [1.807, 2.05) is 19.9 Å². The van der Waals surface area contributed by atoms with E-state index in [1.165, 1.54) is 0 Å². The zero-order valence-corrected chi connectivity index (χ0v) is 11.7. The van der Waals surface area contributed by atoms with Gasteiger partial charge in [-0.15, -0.1) is 0 Å². The molecule has 0 aliphatic heterocycles. The summed E-state index contributed by atoms with van der Waals surface area (Å²) in [5.74, 6) is 1.16. The van der Waals surface area contributed by atoms with E-state index in [1.54, 1.807) is 6.20 Å². The van der Waals surface area contributed by atoms with E-state index in [-0.39, 0.29) is 5.54 Å². The number of nitrogens with two attached hydrogens (primary N) is 1. The number of halogens is 1. The summed E-state index contributed by atoms with van der Waals surface area (Å²) >= 11 is 5.83. The van der Waals surface area contributed by atoms with Crippen LogP contribution in [0.3, 0.4) is 0 Å². The van der Waals surface area contributed by atoms with Gasteiger partial charge in [-0.25, -0.2) is 4.98 Å². The Bertz CT molecular complexity index is 378. The first-order valence-electron chi connectivity index (χ1n) is 5.84. The van der Waals surface area contributed by atoms with Crippen LogP contribution < -0.4 is 10.5 Å². The number of ether oxygens (including phenoxy) is 1. The van der Waals surface area contributed by atoms with Gasteiger partial charge in [0.25, 0.3) is 0 Å². The molecular weight excluding hydrogens is 236 g/mol. The maximum absolute atomic E-state index is 6.17. The average molecular weight is 257 g/mol. The number of hydrogen-bond donors (Lipinski definition) is 1. The molecule has 0 aliphatic rings. The molecule has 96 valence electrons. The Morgan fingerprint density at radius 1 is 1.53 bits per heavy atom. The summed E-state index contributed by atoms with van der Waals surface area (Å²) in [6.07, 6.45) is 2.50. The zero-order valence-electron chi connectivity index (χ0n) is 11.0. The predicted octanol–water partition coefficient (Wildman–Crippen LogP) is 3.19. The van der Waals surface area contributed by atoms with Crippen LogP contribution in [0.5, 0.6) is 5.88 Å². The summed E-state index contributed by atoms with van der Waals surface area (Å²) in [6, 6.07) is 1.83. The minimum absolute atomic E-state index is 0.331. The molecule has 0 radical (unpaired) electrons. The average Bonchev–Trinajstić information content (AvgIpc) is 2.14. The molecular formula is C13H21ClN2O. The number of aryl methyl sites for hydroxylation is 1. The molecule has 0 saturated heterocycles. The van der Waals surface area contributed by atoms with Crippen molar-refractivity contribution in [2.45, 2.75) is 39.7 Å². The van der Waals surface area contributed by atoms with Crippen molar-refractivity contribution in [3.05, 3.63) is 22.8 Å². The fourth-order valence-corrected chi connectivity index (χ4v) is 2.12. The SMILES string of the molecule is Cc1cc(Cl)cnc1OCC(C)(N)CC(C)C. The van der Waals surface area contributed by atoms with Gasteiger partial charge in [0.1, 0.15) is 6.61 Å². The number of hydrogen-bond acceptors (Lipinski definition) is 3. The standard InChI is InChI=1S/C13H21ClN2O/c1-9(2)6-13(4,15)8-17-12-10(3)5-11(14)7-16-12/h5,7,9H,6,8,15H2,1-4H3. The van der Waals surface area contributed by atoms with Gasteiger partial charge in [-0.1, -0.05) is 25.4 Å². The molecule has 1 heterocycles. The maximum atomic E-state index is 6.17. The smallest absolute Gasteiger partial charge is 0.216 e.